The Hall–Kier alpha value is -1.08. The summed E-state index contributed by atoms with van der Waals surface area (Å²) in [6.07, 6.45) is 10.8. The molecule has 0 amide bonds. The topological polar surface area (TPSA) is 0 Å². The van der Waals surface area contributed by atoms with Gasteiger partial charge in [0.25, 0.3) is 0 Å². The van der Waals surface area contributed by atoms with E-state index in [2.05, 4.69) is 13.0 Å². The maximum Gasteiger partial charge on any atom is 0.131 e. The van der Waals surface area contributed by atoms with E-state index in [1.165, 1.54) is 56.9 Å². The number of benzene rings is 2. The average molecular weight is 359 g/mol. The Morgan fingerprint density at radius 2 is 1.80 bits per heavy atom. The van der Waals surface area contributed by atoms with Crippen molar-refractivity contribution in [2.45, 2.75) is 64.2 Å². The third-order valence-electron chi connectivity index (χ3n) is 6.78. The van der Waals surface area contributed by atoms with E-state index in [-0.39, 0.29) is 5.82 Å². The van der Waals surface area contributed by atoms with Gasteiger partial charge in [-0.3, -0.25) is 0 Å². The normalized spacial score (nSPS) is 29.6. The molecular weight excluding hydrogens is 331 g/mol. The zero-order chi connectivity index (χ0) is 17.4. The van der Waals surface area contributed by atoms with Crippen molar-refractivity contribution in [1.29, 1.82) is 0 Å². The van der Waals surface area contributed by atoms with Crippen LogP contribution in [0.4, 0.5) is 4.39 Å². The zero-order valence-electron chi connectivity index (χ0n) is 15.1. The fraction of sp³-hybridized carbons (Fsp3) is 0.565. The summed E-state index contributed by atoms with van der Waals surface area (Å²) in [6.45, 7) is 2.31. The Kier molecular flexibility index (Phi) is 5.04. The molecule has 2 aliphatic rings. The molecular formula is C23H28ClF. The molecule has 4 atom stereocenters. The fourth-order valence-corrected chi connectivity index (χ4v) is 5.67. The van der Waals surface area contributed by atoms with Gasteiger partial charge in [0.2, 0.25) is 0 Å². The van der Waals surface area contributed by atoms with Crippen LogP contribution in [-0.4, -0.2) is 0 Å². The SMILES string of the molecule is CCCC1CCC2CC(c3cc(F)c4cc(Cl)ccc4c3)CCC2C1. The largest absolute Gasteiger partial charge is 0.206 e. The van der Waals surface area contributed by atoms with Gasteiger partial charge >= 0.3 is 0 Å². The lowest BCUT2D eigenvalue weighted by molar-refractivity contribution is 0.114. The summed E-state index contributed by atoms with van der Waals surface area (Å²) in [4.78, 5) is 0. The first-order chi connectivity index (χ1) is 12.1. The molecule has 25 heavy (non-hydrogen) atoms. The zero-order valence-corrected chi connectivity index (χ0v) is 15.9. The van der Waals surface area contributed by atoms with Gasteiger partial charge in [-0.2, -0.15) is 0 Å². The highest BCUT2D eigenvalue weighted by Crippen LogP contribution is 2.48. The molecule has 0 saturated heterocycles. The lowest BCUT2D eigenvalue weighted by atomic mass is 9.63. The number of rotatable bonds is 3. The van der Waals surface area contributed by atoms with Crippen LogP contribution < -0.4 is 0 Å². The summed E-state index contributed by atoms with van der Waals surface area (Å²) in [5.41, 5.74) is 1.20. The third-order valence-corrected chi connectivity index (χ3v) is 7.01. The highest BCUT2D eigenvalue weighted by Gasteiger charge is 2.35. The Morgan fingerprint density at radius 3 is 2.64 bits per heavy atom. The molecule has 0 spiro atoms. The van der Waals surface area contributed by atoms with E-state index in [1.807, 2.05) is 12.1 Å². The molecule has 0 N–H and O–H groups in total. The maximum atomic E-state index is 14.6. The van der Waals surface area contributed by atoms with Gasteiger partial charge in [0.05, 0.1) is 0 Å². The minimum absolute atomic E-state index is 0.122. The number of hydrogen-bond donors (Lipinski definition) is 0. The van der Waals surface area contributed by atoms with Crippen LogP contribution >= 0.6 is 11.6 Å². The molecule has 4 unspecified atom stereocenters. The summed E-state index contributed by atoms with van der Waals surface area (Å²) in [6, 6.07) is 9.52. The van der Waals surface area contributed by atoms with Crippen molar-refractivity contribution in [3.63, 3.8) is 0 Å². The van der Waals surface area contributed by atoms with Crippen molar-refractivity contribution in [1.82, 2.24) is 0 Å². The fourth-order valence-electron chi connectivity index (χ4n) is 5.50. The molecule has 0 bridgehead atoms. The Labute approximate surface area is 155 Å². The molecule has 0 aromatic heterocycles. The van der Waals surface area contributed by atoms with Crippen LogP contribution in [0.5, 0.6) is 0 Å². The number of halogens is 2. The summed E-state index contributed by atoms with van der Waals surface area (Å²) in [5, 5.41) is 2.22. The van der Waals surface area contributed by atoms with Gasteiger partial charge < -0.3 is 0 Å². The van der Waals surface area contributed by atoms with E-state index in [0.29, 0.717) is 16.3 Å². The Morgan fingerprint density at radius 1 is 1.00 bits per heavy atom. The van der Waals surface area contributed by atoms with Gasteiger partial charge in [0.1, 0.15) is 5.82 Å². The number of hydrogen-bond acceptors (Lipinski definition) is 0. The van der Waals surface area contributed by atoms with E-state index in [0.717, 1.165) is 23.1 Å². The van der Waals surface area contributed by atoms with Gasteiger partial charge in [0.15, 0.2) is 0 Å². The van der Waals surface area contributed by atoms with E-state index in [1.54, 1.807) is 12.1 Å². The second kappa shape index (κ2) is 7.27. The minimum Gasteiger partial charge on any atom is -0.206 e. The predicted octanol–water partition coefficient (Wildman–Crippen LogP) is 7.73. The van der Waals surface area contributed by atoms with E-state index >= 15 is 0 Å². The summed E-state index contributed by atoms with van der Waals surface area (Å²) in [5.74, 6) is 3.15. The van der Waals surface area contributed by atoms with Gasteiger partial charge in [0, 0.05) is 10.4 Å². The van der Waals surface area contributed by atoms with Gasteiger partial charge in [-0.15, -0.1) is 0 Å². The first-order valence-electron chi connectivity index (χ1n) is 10.0. The number of fused-ring (bicyclic) bond motifs is 2. The second-order valence-electron chi connectivity index (χ2n) is 8.37. The molecule has 2 aromatic rings. The van der Waals surface area contributed by atoms with E-state index in [4.69, 9.17) is 11.6 Å². The van der Waals surface area contributed by atoms with E-state index in [9.17, 15) is 4.39 Å². The highest BCUT2D eigenvalue weighted by molar-refractivity contribution is 6.31. The van der Waals surface area contributed by atoms with Crippen molar-refractivity contribution >= 4 is 22.4 Å². The van der Waals surface area contributed by atoms with Crippen LogP contribution in [0.3, 0.4) is 0 Å². The third kappa shape index (κ3) is 3.58. The highest BCUT2D eigenvalue weighted by atomic mass is 35.5. The van der Waals surface area contributed by atoms with E-state index < -0.39 is 0 Å². The van der Waals surface area contributed by atoms with Crippen molar-refractivity contribution in [3.05, 3.63) is 46.7 Å². The lowest BCUT2D eigenvalue weighted by Gasteiger charge is -2.42. The molecule has 2 heteroatoms. The lowest BCUT2D eigenvalue weighted by Crippen LogP contribution is -2.30. The molecule has 0 aliphatic heterocycles. The smallest absolute Gasteiger partial charge is 0.131 e. The van der Waals surface area contributed by atoms with Gasteiger partial charge in [-0.1, -0.05) is 49.9 Å². The van der Waals surface area contributed by atoms with Crippen LogP contribution in [0, 0.1) is 23.6 Å². The molecule has 0 heterocycles. The van der Waals surface area contributed by atoms with Crippen LogP contribution in [0.2, 0.25) is 5.02 Å². The van der Waals surface area contributed by atoms with Crippen LogP contribution in [0.25, 0.3) is 10.8 Å². The molecule has 0 nitrogen and oxygen atoms in total. The summed E-state index contributed by atoms with van der Waals surface area (Å²) < 4.78 is 14.6. The molecule has 4 rings (SSSR count). The summed E-state index contributed by atoms with van der Waals surface area (Å²) >= 11 is 6.02. The average Bonchev–Trinajstić information content (AvgIpc) is 2.62. The second-order valence-corrected chi connectivity index (χ2v) is 8.80. The predicted molar refractivity (Wildman–Crippen MR) is 105 cm³/mol. The van der Waals surface area contributed by atoms with Crippen LogP contribution in [0.1, 0.15) is 69.8 Å². The van der Waals surface area contributed by atoms with Crippen LogP contribution in [-0.2, 0) is 0 Å². The molecule has 0 radical (unpaired) electrons. The molecule has 2 aliphatic carbocycles. The Bertz CT molecular complexity index is 753. The first-order valence-corrected chi connectivity index (χ1v) is 10.4. The Balaban J connectivity index is 1.52. The minimum atomic E-state index is -0.122. The van der Waals surface area contributed by atoms with Crippen LogP contribution in [0.15, 0.2) is 30.3 Å². The molecule has 2 aromatic carbocycles. The molecule has 2 fully saturated rings. The molecule has 134 valence electrons. The quantitative estimate of drug-likeness (QED) is 0.526. The van der Waals surface area contributed by atoms with Gasteiger partial charge in [-0.05, 0) is 84.9 Å². The maximum absolute atomic E-state index is 14.6. The van der Waals surface area contributed by atoms with Crippen molar-refractivity contribution in [3.8, 4) is 0 Å². The summed E-state index contributed by atoms with van der Waals surface area (Å²) in [7, 11) is 0. The van der Waals surface area contributed by atoms with Crippen molar-refractivity contribution in [2.75, 3.05) is 0 Å². The first kappa shape index (κ1) is 17.3. The van der Waals surface area contributed by atoms with Crippen molar-refractivity contribution < 1.29 is 4.39 Å². The standard InChI is InChI=1S/C23H28ClF/c1-2-3-15-4-5-17-11-18(7-6-16(17)10-15)20-12-19-8-9-21(24)14-22(19)23(25)13-20/h8-9,12-18H,2-7,10-11H2,1H3. The van der Waals surface area contributed by atoms with Crippen molar-refractivity contribution in [2.24, 2.45) is 17.8 Å². The monoisotopic (exact) mass is 358 g/mol. The van der Waals surface area contributed by atoms with Gasteiger partial charge in [-0.25, -0.2) is 4.39 Å². The molecule has 2 saturated carbocycles.